The van der Waals surface area contributed by atoms with Gasteiger partial charge < -0.3 is 15.3 Å². The van der Waals surface area contributed by atoms with Crippen LogP contribution < -0.4 is 5.73 Å². The summed E-state index contributed by atoms with van der Waals surface area (Å²) in [5.74, 6) is -1.07. The summed E-state index contributed by atoms with van der Waals surface area (Å²) in [4.78, 5) is 41.3. The second-order valence-electron chi connectivity index (χ2n) is 5.07. The van der Waals surface area contributed by atoms with Gasteiger partial charge in [0.2, 0.25) is 0 Å². The highest BCUT2D eigenvalue weighted by Crippen LogP contribution is 2.14. The molecule has 10 heteroatoms. The number of unbranched alkanes of at least 4 members (excludes halogenated alkanes) is 1. The number of esters is 1. The standard InChI is InChI=1S/C15H20N4O6/c1-3-24-12(20)6-4-5-7-13(21)25-18-15(16)14-10(2)8-11(9-17-14)19(22)23/h8-9H,3-7H2,1-2H3,(H2,16,18). The van der Waals surface area contributed by atoms with Gasteiger partial charge in [-0.1, -0.05) is 5.16 Å². The number of aromatic nitrogens is 1. The number of rotatable bonds is 9. The molecular weight excluding hydrogens is 332 g/mol. The molecule has 1 heterocycles. The Labute approximate surface area is 144 Å². The normalized spacial score (nSPS) is 11.0. The minimum Gasteiger partial charge on any atom is -0.466 e. The Morgan fingerprint density at radius 3 is 2.52 bits per heavy atom. The summed E-state index contributed by atoms with van der Waals surface area (Å²) in [5.41, 5.74) is 6.13. The maximum Gasteiger partial charge on any atom is 0.335 e. The van der Waals surface area contributed by atoms with Crippen LogP contribution in [0.5, 0.6) is 0 Å². The summed E-state index contributed by atoms with van der Waals surface area (Å²) in [6.45, 7) is 3.62. The first-order chi connectivity index (χ1) is 11.8. The van der Waals surface area contributed by atoms with Crippen molar-refractivity contribution in [2.75, 3.05) is 6.61 Å². The number of ether oxygens (including phenoxy) is 1. The summed E-state index contributed by atoms with van der Waals surface area (Å²) in [5, 5.41) is 14.2. The molecule has 0 atom stereocenters. The molecule has 25 heavy (non-hydrogen) atoms. The summed E-state index contributed by atoms with van der Waals surface area (Å²) in [7, 11) is 0. The zero-order valence-electron chi connectivity index (χ0n) is 14.1. The van der Waals surface area contributed by atoms with Gasteiger partial charge in [-0.15, -0.1) is 0 Å². The number of pyridine rings is 1. The maximum atomic E-state index is 11.6. The van der Waals surface area contributed by atoms with E-state index in [-0.39, 0.29) is 36.0 Å². The number of nitrogens with zero attached hydrogens (tertiary/aromatic N) is 3. The first-order valence-corrected chi connectivity index (χ1v) is 7.65. The number of carbonyl (C=O) groups is 2. The molecule has 0 saturated carbocycles. The molecule has 0 amide bonds. The highest BCUT2D eigenvalue weighted by atomic mass is 16.7. The van der Waals surface area contributed by atoms with E-state index in [0.717, 1.165) is 6.20 Å². The van der Waals surface area contributed by atoms with Crippen LogP contribution in [0.4, 0.5) is 5.69 Å². The summed E-state index contributed by atoms with van der Waals surface area (Å²) in [6.07, 6.45) is 2.29. The van der Waals surface area contributed by atoms with Gasteiger partial charge in [-0.25, -0.2) is 9.78 Å². The van der Waals surface area contributed by atoms with Crippen LogP contribution in [0.15, 0.2) is 17.4 Å². The van der Waals surface area contributed by atoms with Crippen molar-refractivity contribution < 1.29 is 24.1 Å². The van der Waals surface area contributed by atoms with Crippen molar-refractivity contribution in [3.05, 3.63) is 33.6 Å². The molecule has 0 bridgehead atoms. The topological polar surface area (TPSA) is 147 Å². The number of carbonyl (C=O) groups excluding carboxylic acids is 2. The molecule has 1 aromatic heterocycles. The van der Waals surface area contributed by atoms with Crippen LogP contribution in [0.1, 0.15) is 43.9 Å². The molecule has 136 valence electrons. The Balaban J connectivity index is 2.48. The average molecular weight is 352 g/mol. The lowest BCUT2D eigenvalue weighted by molar-refractivity contribution is -0.385. The lowest BCUT2D eigenvalue weighted by Crippen LogP contribution is -2.18. The predicted octanol–water partition coefficient (Wildman–Crippen LogP) is 1.59. The van der Waals surface area contributed by atoms with E-state index < -0.39 is 10.9 Å². The number of nitro groups is 1. The van der Waals surface area contributed by atoms with Crippen molar-refractivity contribution in [2.45, 2.75) is 39.5 Å². The van der Waals surface area contributed by atoms with E-state index in [0.29, 0.717) is 25.0 Å². The first kappa shape index (κ1) is 20.0. The molecule has 2 N–H and O–H groups in total. The average Bonchev–Trinajstić information content (AvgIpc) is 2.56. The van der Waals surface area contributed by atoms with Crippen LogP contribution in [0.25, 0.3) is 0 Å². The third-order valence-electron chi connectivity index (χ3n) is 3.08. The van der Waals surface area contributed by atoms with Crippen LogP contribution in [0.2, 0.25) is 0 Å². The monoisotopic (exact) mass is 352 g/mol. The van der Waals surface area contributed by atoms with E-state index in [9.17, 15) is 19.7 Å². The van der Waals surface area contributed by atoms with Crippen LogP contribution in [-0.4, -0.2) is 34.3 Å². The summed E-state index contributed by atoms with van der Waals surface area (Å²) >= 11 is 0. The van der Waals surface area contributed by atoms with Crippen molar-refractivity contribution in [3.63, 3.8) is 0 Å². The second kappa shape index (κ2) is 9.96. The van der Waals surface area contributed by atoms with Gasteiger partial charge in [0.15, 0.2) is 5.84 Å². The Hall–Kier alpha value is -3.04. The molecule has 0 aliphatic rings. The molecule has 0 aliphatic carbocycles. The lowest BCUT2D eigenvalue weighted by atomic mass is 10.2. The fraction of sp³-hybridized carbons (Fsp3) is 0.467. The van der Waals surface area contributed by atoms with Gasteiger partial charge in [0.25, 0.3) is 5.69 Å². The van der Waals surface area contributed by atoms with Crippen molar-refractivity contribution in [3.8, 4) is 0 Å². The van der Waals surface area contributed by atoms with Crippen molar-refractivity contribution >= 4 is 23.5 Å². The quantitative estimate of drug-likeness (QED) is 0.134. The second-order valence-corrected chi connectivity index (χ2v) is 5.07. The van der Waals surface area contributed by atoms with E-state index in [1.807, 2.05) is 0 Å². The van der Waals surface area contributed by atoms with Crippen LogP contribution in [0, 0.1) is 17.0 Å². The molecule has 0 aliphatic heterocycles. The van der Waals surface area contributed by atoms with Gasteiger partial charge in [0.1, 0.15) is 11.9 Å². The van der Waals surface area contributed by atoms with Gasteiger partial charge in [-0.3, -0.25) is 14.9 Å². The Morgan fingerprint density at radius 1 is 1.32 bits per heavy atom. The molecule has 0 unspecified atom stereocenters. The molecule has 0 radical (unpaired) electrons. The zero-order chi connectivity index (χ0) is 18.8. The molecule has 1 rings (SSSR count). The number of aryl methyl sites for hydroxylation is 1. The van der Waals surface area contributed by atoms with Gasteiger partial charge in [-0.2, -0.15) is 0 Å². The number of hydrogen-bond acceptors (Lipinski definition) is 8. The summed E-state index contributed by atoms with van der Waals surface area (Å²) < 4.78 is 4.77. The fourth-order valence-corrected chi connectivity index (χ4v) is 1.89. The molecule has 0 saturated heterocycles. The molecule has 0 aromatic carbocycles. The van der Waals surface area contributed by atoms with Crippen molar-refractivity contribution in [2.24, 2.45) is 10.9 Å². The Morgan fingerprint density at radius 2 is 1.96 bits per heavy atom. The highest BCUT2D eigenvalue weighted by molar-refractivity contribution is 5.97. The van der Waals surface area contributed by atoms with E-state index in [1.165, 1.54) is 6.07 Å². The van der Waals surface area contributed by atoms with E-state index in [4.69, 9.17) is 10.5 Å². The minimum atomic E-state index is -0.605. The van der Waals surface area contributed by atoms with Gasteiger partial charge in [0, 0.05) is 18.9 Å². The summed E-state index contributed by atoms with van der Waals surface area (Å²) in [6, 6.07) is 1.29. The maximum absolute atomic E-state index is 11.6. The van der Waals surface area contributed by atoms with Crippen LogP contribution in [0.3, 0.4) is 0 Å². The molecule has 0 fully saturated rings. The fourth-order valence-electron chi connectivity index (χ4n) is 1.89. The number of amidine groups is 1. The predicted molar refractivity (Wildman–Crippen MR) is 87.5 cm³/mol. The van der Waals surface area contributed by atoms with Gasteiger partial charge in [0.05, 0.1) is 11.5 Å². The van der Waals surface area contributed by atoms with Gasteiger partial charge >= 0.3 is 11.9 Å². The smallest absolute Gasteiger partial charge is 0.335 e. The highest BCUT2D eigenvalue weighted by Gasteiger charge is 2.13. The van der Waals surface area contributed by atoms with E-state index in [1.54, 1.807) is 13.8 Å². The lowest BCUT2D eigenvalue weighted by Gasteiger charge is -2.04. The SMILES string of the molecule is CCOC(=O)CCCCC(=O)ON=C(N)c1ncc([N+](=O)[O-])cc1C. The molecule has 1 aromatic rings. The first-order valence-electron chi connectivity index (χ1n) is 7.65. The number of nitrogens with two attached hydrogens (primary N) is 1. The third-order valence-corrected chi connectivity index (χ3v) is 3.08. The van der Waals surface area contributed by atoms with Crippen molar-refractivity contribution in [1.82, 2.24) is 4.98 Å². The van der Waals surface area contributed by atoms with E-state index >= 15 is 0 Å². The Bertz CT molecular complexity index is 674. The molecular formula is C15H20N4O6. The molecule has 0 spiro atoms. The molecule has 10 nitrogen and oxygen atoms in total. The van der Waals surface area contributed by atoms with Crippen LogP contribution in [-0.2, 0) is 19.2 Å². The van der Waals surface area contributed by atoms with Gasteiger partial charge in [-0.05, 0) is 32.3 Å². The Kier molecular flexibility index (Phi) is 7.97. The minimum absolute atomic E-state index is 0.0723. The van der Waals surface area contributed by atoms with Crippen LogP contribution >= 0.6 is 0 Å². The third kappa shape index (κ3) is 6.94. The number of oxime groups is 1. The largest absolute Gasteiger partial charge is 0.466 e. The number of hydrogen-bond donors (Lipinski definition) is 1. The zero-order valence-corrected chi connectivity index (χ0v) is 14.1. The van der Waals surface area contributed by atoms with Crippen molar-refractivity contribution in [1.29, 1.82) is 0 Å². The van der Waals surface area contributed by atoms with E-state index in [2.05, 4.69) is 15.0 Å².